The van der Waals surface area contributed by atoms with Crippen LogP contribution in [0.1, 0.15) is 17.5 Å². The molecule has 146 valence electrons. The van der Waals surface area contributed by atoms with Gasteiger partial charge >= 0.3 is 0 Å². The number of carbonyl (C=O) groups is 2. The highest BCUT2D eigenvalue weighted by Crippen LogP contribution is 2.34. The van der Waals surface area contributed by atoms with Crippen molar-refractivity contribution < 1.29 is 23.5 Å². The van der Waals surface area contributed by atoms with Crippen molar-refractivity contribution in [2.75, 3.05) is 20.3 Å². The third kappa shape index (κ3) is 4.99. The Labute approximate surface area is 167 Å². The summed E-state index contributed by atoms with van der Waals surface area (Å²) in [5.74, 6) is -0.0252. The predicted octanol–water partition coefficient (Wildman–Crippen LogP) is 4.48. The van der Waals surface area contributed by atoms with Crippen LogP contribution in [0.5, 0.6) is 5.75 Å². The number of ether oxygens (including phenoxy) is 2. The average molecular weight is 401 g/mol. The number of thioether (sulfide) groups is 1. The van der Waals surface area contributed by atoms with Crippen molar-refractivity contribution >= 4 is 29.0 Å². The fourth-order valence-corrected chi connectivity index (χ4v) is 3.53. The highest BCUT2D eigenvalue weighted by molar-refractivity contribution is 8.18. The molecule has 3 rings (SSSR count). The van der Waals surface area contributed by atoms with Gasteiger partial charge in [0, 0.05) is 25.8 Å². The molecule has 2 aromatic carbocycles. The summed E-state index contributed by atoms with van der Waals surface area (Å²) in [4.78, 5) is 26.3. The zero-order chi connectivity index (χ0) is 19.9. The molecular weight excluding hydrogens is 381 g/mol. The highest BCUT2D eigenvalue weighted by Gasteiger charge is 2.34. The van der Waals surface area contributed by atoms with Crippen LogP contribution in [-0.2, 0) is 16.1 Å². The van der Waals surface area contributed by atoms with Crippen molar-refractivity contribution in [1.29, 1.82) is 0 Å². The molecule has 2 aromatic rings. The summed E-state index contributed by atoms with van der Waals surface area (Å²) in [6.07, 6.45) is 2.26. The second kappa shape index (κ2) is 9.52. The lowest BCUT2D eigenvalue weighted by Crippen LogP contribution is -2.29. The number of hydrogen-bond donors (Lipinski definition) is 0. The van der Waals surface area contributed by atoms with Gasteiger partial charge in [-0.15, -0.1) is 0 Å². The number of halogens is 1. The first kappa shape index (κ1) is 20.1. The number of hydrogen-bond acceptors (Lipinski definition) is 5. The molecule has 28 heavy (non-hydrogen) atoms. The van der Waals surface area contributed by atoms with Gasteiger partial charge in [0.15, 0.2) is 0 Å². The van der Waals surface area contributed by atoms with Crippen LogP contribution in [0.25, 0.3) is 6.08 Å². The maximum Gasteiger partial charge on any atom is 0.293 e. The van der Waals surface area contributed by atoms with E-state index in [-0.39, 0.29) is 23.6 Å². The Kier molecular flexibility index (Phi) is 6.84. The van der Waals surface area contributed by atoms with Crippen LogP contribution in [0, 0.1) is 5.82 Å². The van der Waals surface area contributed by atoms with Gasteiger partial charge in [-0.25, -0.2) is 4.39 Å². The van der Waals surface area contributed by atoms with E-state index < -0.39 is 0 Å². The first-order valence-electron chi connectivity index (χ1n) is 8.79. The molecule has 7 heteroatoms. The Balaban J connectivity index is 1.72. The molecule has 0 saturated carbocycles. The molecule has 0 atom stereocenters. The Bertz CT molecular complexity index is 882. The number of imide groups is 1. The largest absolute Gasteiger partial charge is 0.488 e. The van der Waals surface area contributed by atoms with Crippen LogP contribution >= 0.6 is 11.8 Å². The van der Waals surface area contributed by atoms with Gasteiger partial charge < -0.3 is 9.47 Å². The zero-order valence-corrected chi connectivity index (χ0v) is 16.2. The minimum Gasteiger partial charge on any atom is -0.488 e. The van der Waals surface area contributed by atoms with Gasteiger partial charge in [-0.2, -0.15) is 0 Å². The van der Waals surface area contributed by atoms with E-state index in [0.717, 1.165) is 17.3 Å². The summed E-state index contributed by atoms with van der Waals surface area (Å²) in [5, 5.41) is -0.280. The molecule has 1 saturated heterocycles. The number of methoxy groups -OCH3 is 1. The second-order valence-electron chi connectivity index (χ2n) is 6.13. The molecule has 0 bridgehead atoms. The number of nitrogens with zero attached hydrogens (tertiary/aromatic N) is 1. The monoisotopic (exact) mass is 401 g/mol. The molecule has 2 amide bonds. The molecule has 1 heterocycles. The molecule has 5 nitrogen and oxygen atoms in total. The quantitative estimate of drug-likeness (QED) is 0.482. The third-order valence-electron chi connectivity index (χ3n) is 4.12. The van der Waals surface area contributed by atoms with Crippen molar-refractivity contribution in [3.8, 4) is 5.75 Å². The minimum absolute atomic E-state index is 0.267. The van der Waals surface area contributed by atoms with Crippen LogP contribution in [-0.4, -0.2) is 36.3 Å². The Hall–Kier alpha value is -2.64. The molecule has 0 N–H and O–H groups in total. The summed E-state index contributed by atoms with van der Waals surface area (Å²) < 4.78 is 23.8. The van der Waals surface area contributed by atoms with E-state index in [9.17, 15) is 14.0 Å². The van der Waals surface area contributed by atoms with Crippen molar-refractivity contribution in [1.82, 2.24) is 4.90 Å². The number of amides is 2. The van der Waals surface area contributed by atoms with Crippen molar-refractivity contribution in [2.24, 2.45) is 0 Å². The predicted molar refractivity (Wildman–Crippen MR) is 106 cm³/mol. The lowest BCUT2D eigenvalue weighted by atomic mass is 10.1. The fraction of sp³-hybridized carbons (Fsp3) is 0.238. The Morgan fingerprint density at radius 2 is 1.86 bits per heavy atom. The molecule has 1 aliphatic heterocycles. The SMILES string of the molecule is COCCCN1C(=O)S/C(=C/c2ccccc2OCc2ccc(F)cc2)C1=O. The highest BCUT2D eigenvalue weighted by atomic mass is 32.2. The van der Waals surface area contributed by atoms with Gasteiger partial charge in [0.25, 0.3) is 11.1 Å². The molecule has 0 spiro atoms. The molecule has 0 unspecified atom stereocenters. The van der Waals surface area contributed by atoms with Crippen molar-refractivity contribution in [2.45, 2.75) is 13.0 Å². The zero-order valence-electron chi connectivity index (χ0n) is 15.4. The van der Waals surface area contributed by atoms with Gasteiger partial charge in [0.05, 0.1) is 4.91 Å². The maximum absolute atomic E-state index is 13.0. The number of carbonyl (C=O) groups excluding carboxylic acids is 2. The van der Waals surface area contributed by atoms with Crippen LogP contribution in [0.15, 0.2) is 53.4 Å². The Morgan fingerprint density at radius 3 is 2.61 bits per heavy atom. The van der Waals surface area contributed by atoms with E-state index in [0.29, 0.717) is 35.8 Å². The molecular formula is C21H20FNO4S. The summed E-state index contributed by atoms with van der Waals surface area (Å²) in [7, 11) is 1.58. The molecule has 0 radical (unpaired) electrons. The van der Waals surface area contributed by atoms with Gasteiger partial charge in [-0.05, 0) is 48.0 Å². The molecule has 1 fully saturated rings. The van der Waals surface area contributed by atoms with E-state index in [2.05, 4.69) is 0 Å². The number of para-hydroxylation sites is 1. The minimum atomic E-state index is -0.306. The second-order valence-corrected chi connectivity index (χ2v) is 7.13. The number of benzene rings is 2. The topological polar surface area (TPSA) is 55.8 Å². The van der Waals surface area contributed by atoms with E-state index in [1.165, 1.54) is 17.0 Å². The van der Waals surface area contributed by atoms with Crippen LogP contribution in [0.4, 0.5) is 9.18 Å². The lowest BCUT2D eigenvalue weighted by molar-refractivity contribution is -0.122. The smallest absolute Gasteiger partial charge is 0.293 e. The van der Waals surface area contributed by atoms with Gasteiger partial charge in [0.2, 0.25) is 0 Å². The van der Waals surface area contributed by atoms with E-state index >= 15 is 0 Å². The maximum atomic E-state index is 13.0. The van der Waals surface area contributed by atoms with Crippen LogP contribution in [0.3, 0.4) is 0 Å². The third-order valence-corrected chi connectivity index (χ3v) is 5.02. The van der Waals surface area contributed by atoms with Gasteiger partial charge in [-0.3, -0.25) is 14.5 Å². The average Bonchev–Trinajstić information content (AvgIpc) is 2.96. The van der Waals surface area contributed by atoms with Crippen molar-refractivity contribution in [3.05, 3.63) is 70.4 Å². The summed E-state index contributed by atoms with van der Waals surface area (Å²) in [5.41, 5.74) is 1.53. The van der Waals surface area contributed by atoms with E-state index in [1.54, 1.807) is 31.4 Å². The molecule has 1 aliphatic rings. The van der Waals surface area contributed by atoms with Gasteiger partial charge in [0.1, 0.15) is 18.2 Å². The van der Waals surface area contributed by atoms with Gasteiger partial charge in [-0.1, -0.05) is 30.3 Å². The summed E-state index contributed by atoms with van der Waals surface area (Å²) in [6.45, 7) is 1.09. The van der Waals surface area contributed by atoms with Crippen molar-refractivity contribution in [3.63, 3.8) is 0 Å². The Morgan fingerprint density at radius 1 is 1.11 bits per heavy atom. The first-order chi connectivity index (χ1) is 13.6. The number of rotatable bonds is 8. The van der Waals surface area contributed by atoms with Crippen LogP contribution < -0.4 is 4.74 Å². The van der Waals surface area contributed by atoms with Crippen LogP contribution in [0.2, 0.25) is 0 Å². The first-order valence-corrected chi connectivity index (χ1v) is 9.60. The normalized spacial score (nSPS) is 15.5. The summed E-state index contributed by atoms with van der Waals surface area (Å²) in [6, 6.07) is 13.3. The standard InChI is InChI=1S/C21H20FNO4S/c1-26-12-4-11-23-20(24)19(28-21(23)25)13-16-5-2-3-6-18(16)27-14-15-7-9-17(22)10-8-15/h2-3,5-10,13H,4,11-12,14H2,1H3/b19-13+. The van der Waals surface area contributed by atoms with E-state index in [4.69, 9.17) is 9.47 Å². The molecule has 0 aliphatic carbocycles. The molecule has 0 aromatic heterocycles. The fourth-order valence-electron chi connectivity index (χ4n) is 2.67. The summed E-state index contributed by atoms with van der Waals surface area (Å²) >= 11 is 0.920. The lowest BCUT2D eigenvalue weighted by Gasteiger charge is -2.11. The van der Waals surface area contributed by atoms with E-state index in [1.807, 2.05) is 18.2 Å².